The van der Waals surface area contributed by atoms with Crippen molar-refractivity contribution in [2.45, 2.75) is 31.7 Å². The average Bonchev–Trinajstić information content (AvgIpc) is 2.85. The summed E-state index contributed by atoms with van der Waals surface area (Å²) in [6.07, 6.45) is 8.23. The van der Waals surface area contributed by atoms with Gasteiger partial charge in [0, 0.05) is 0 Å². The van der Waals surface area contributed by atoms with Crippen LogP contribution in [0.1, 0.15) is 31.7 Å². The van der Waals surface area contributed by atoms with Gasteiger partial charge in [-0.1, -0.05) is 12.8 Å². The zero-order valence-corrected chi connectivity index (χ0v) is 8.43. The van der Waals surface area contributed by atoms with E-state index in [1.54, 1.807) is 6.20 Å². The van der Waals surface area contributed by atoms with Crippen LogP contribution < -0.4 is 5.73 Å². The van der Waals surface area contributed by atoms with Crippen molar-refractivity contribution in [3.8, 4) is 0 Å². The van der Waals surface area contributed by atoms with Gasteiger partial charge in [-0.15, -0.1) is 0 Å². The van der Waals surface area contributed by atoms with Gasteiger partial charge >= 0.3 is 0 Å². The van der Waals surface area contributed by atoms with Gasteiger partial charge in [-0.25, -0.2) is 14.6 Å². The molecule has 0 aliphatic heterocycles. The van der Waals surface area contributed by atoms with Gasteiger partial charge in [-0.3, -0.25) is 0 Å². The van der Waals surface area contributed by atoms with Crippen LogP contribution in [0.4, 0.5) is 5.82 Å². The van der Waals surface area contributed by atoms with Crippen LogP contribution >= 0.6 is 0 Å². The second kappa shape index (κ2) is 3.18. The summed E-state index contributed by atoms with van der Waals surface area (Å²) in [7, 11) is 0. The minimum Gasteiger partial charge on any atom is -0.383 e. The van der Waals surface area contributed by atoms with Crippen LogP contribution in [0.2, 0.25) is 0 Å². The molecule has 1 aliphatic carbocycles. The summed E-state index contributed by atoms with van der Waals surface area (Å²) in [6.45, 7) is 0. The molecule has 0 bridgehead atoms. The number of hydrogen-bond acceptors (Lipinski definition) is 4. The van der Waals surface area contributed by atoms with Crippen LogP contribution in [0.15, 0.2) is 12.5 Å². The number of anilines is 1. The third-order valence-corrected chi connectivity index (χ3v) is 3.09. The van der Waals surface area contributed by atoms with E-state index in [0.29, 0.717) is 11.9 Å². The molecule has 0 unspecified atom stereocenters. The lowest BCUT2D eigenvalue weighted by Gasteiger charge is -2.09. The molecule has 2 N–H and O–H groups in total. The third kappa shape index (κ3) is 1.26. The van der Waals surface area contributed by atoms with Crippen molar-refractivity contribution in [3.05, 3.63) is 12.5 Å². The minimum absolute atomic E-state index is 0.497. The molecule has 2 aromatic rings. The van der Waals surface area contributed by atoms with E-state index < -0.39 is 0 Å². The SMILES string of the molecule is Nc1ncnc2c1cnn2C1CCCC1. The molecule has 0 amide bonds. The minimum atomic E-state index is 0.497. The van der Waals surface area contributed by atoms with Gasteiger partial charge in [0.2, 0.25) is 0 Å². The highest BCUT2D eigenvalue weighted by Gasteiger charge is 2.20. The van der Waals surface area contributed by atoms with Gasteiger partial charge < -0.3 is 5.73 Å². The highest BCUT2D eigenvalue weighted by Crippen LogP contribution is 2.31. The first-order chi connectivity index (χ1) is 7.36. The molecule has 5 heteroatoms. The zero-order valence-electron chi connectivity index (χ0n) is 8.43. The molecule has 0 aromatic carbocycles. The van der Waals surface area contributed by atoms with Gasteiger partial charge in [0.25, 0.3) is 0 Å². The zero-order chi connectivity index (χ0) is 10.3. The van der Waals surface area contributed by atoms with E-state index in [4.69, 9.17) is 5.73 Å². The number of nitrogens with two attached hydrogens (primary N) is 1. The number of nitrogen functional groups attached to an aromatic ring is 1. The largest absolute Gasteiger partial charge is 0.383 e. The number of fused-ring (bicyclic) bond motifs is 1. The normalized spacial score (nSPS) is 17.6. The topological polar surface area (TPSA) is 69.6 Å². The van der Waals surface area contributed by atoms with Crippen molar-refractivity contribution in [3.63, 3.8) is 0 Å². The van der Waals surface area contributed by atoms with E-state index in [1.165, 1.54) is 32.0 Å². The highest BCUT2D eigenvalue weighted by molar-refractivity contribution is 5.84. The Balaban J connectivity index is 2.15. The summed E-state index contributed by atoms with van der Waals surface area (Å²) in [4.78, 5) is 8.22. The molecule has 1 aliphatic rings. The summed E-state index contributed by atoms with van der Waals surface area (Å²) in [6, 6.07) is 0.497. The Bertz CT molecular complexity index is 484. The fraction of sp³-hybridized carbons (Fsp3) is 0.500. The van der Waals surface area contributed by atoms with E-state index in [0.717, 1.165) is 11.0 Å². The average molecular weight is 203 g/mol. The summed E-state index contributed by atoms with van der Waals surface area (Å²) < 4.78 is 2.00. The molecule has 0 spiro atoms. The van der Waals surface area contributed by atoms with E-state index in [9.17, 15) is 0 Å². The van der Waals surface area contributed by atoms with Crippen LogP contribution in [-0.2, 0) is 0 Å². The van der Waals surface area contributed by atoms with E-state index >= 15 is 0 Å². The molecular weight excluding hydrogens is 190 g/mol. The molecule has 1 saturated carbocycles. The highest BCUT2D eigenvalue weighted by atomic mass is 15.3. The van der Waals surface area contributed by atoms with Crippen molar-refractivity contribution in [1.29, 1.82) is 0 Å². The van der Waals surface area contributed by atoms with Gasteiger partial charge in [0.05, 0.1) is 17.6 Å². The Kier molecular flexibility index (Phi) is 1.83. The Morgan fingerprint density at radius 1 is 1.27 bits per heavy atom. The Hall–Kier alpha value is -1.65. The summed E-state index contributed by atoms with van der Waals surface area (Å²) in [5.74, 6) is 0.518. The van der Waals surface area contributed by atoms with E-state index in [2.05, 4.69) is 15.1 Å². The van der Waals surface area contributed by atoms with Gasteiger partial charge in [0.1, 0.15) is 12.1 Å². The van der Waals surface area contributed by atoms with Crippen LogP contribution in [0.5, 0.6) is 0 Å². The molecule has 2 heterocycles. The molecule has 5 nitrogen and oxygen atoms in total. The van der Waals surface area contributed by atoms with Crippen LogP contribution in [0, 0.1) is 0 Å². The standard InChI is InChI=1S/C10H13N5/c11-9-8-5-14-15(7-3-1-2-4-7)10(8)13-6-12-9/h5-7H,1-4H2,(H2,11,12,13). The predicted octanol–water partition coefficient (Wildman–Crippen LogP) is 1.52. The molecule has 1 fully saturated rings. The maximum atomic E-state index is 5.76. The number of aromatic nitrogens is 4. The molecule has 0 saturated heterocycles. The van der Waals surface area contributed by atoms with Gasteiger partial charge in [-0.05, 0) is 12.8 Å². The number of nitrogens with zero attached hydrogens (tertiary/aromatic N) is 4. The summed E-state index contributed by atoms with van der Waals surface area (Å²) in [5.41, 5.74) is 6.63. The Labute approximate surface area is 87.3 Å². The van der Waals surface area contributed by atoms with Crippen molar-refractivity contribution in [1.82, 2.24) is 19.7 Å². The van der Waals surface area contributed by atoms with Crippen LogP contribution in [0.25, 0.3) is 11.0 Å². The number of hydrogen-bond donors (Lipinski definition) is 1. The summed E-state index contributed by atoms with van der Waals surface area (Å²) >= 11 is 0. The van der Waals surface area contributed by atoms with E-state index in [-0.39, 0.29) is 0 Å². The number of rotatable bonds is 1. The predicted molar refractivity (Wildman–Crippen MR) is 57.2 cm³/mol. The van der Waals surface area contributed by atoms with Gasteiger partial charge in [-0.2, -0.15) is 5.10 Å². The monoisotopic (exact) mass is 203 g/mol. The van der Waals surface area contributed by atoms with Crippen LogP contribution in [-0.4, -0.2) is 19.7 Å². The maximum absolute atomic E-state index is 5.76. The van der Waals surface area contributed by atoms with Crippen LogP contribution in [0.3, 0.4) is 0 Å². The first kappa shape index (κ1) is 8.64. The molecule has 0 atom stereocenters. The second-order valence-electron chi connectivity index (χ2n) is 4.02. The molecule has 15 heavy (non-hydrogen) atoms. The second-order valence-corrected chi connectivity index (χ2v) is 4.02. The molecule has 78 valence electrons. The van der Waals surface area contributed by atoms with Crippen molar-refractivity contribution in [2.24, 2.45) is 0 Å². The van der Waals surface area contributed by atoms with Crippen molar-refractivity contribution >= 4 is 16.9 Å². The van der Waals surface area contributed by atoms with E-state index in [1.807, 2.05) is 4.68 Å². The van der Waals surface area contributed by atoms with Crippen molar-refractivity contribution in [2.75, 3.05) is 5.73 Å². The lowest BCUT2D eigenvalue weighted by Crippen LogP contribution is -2.07. The Morgan fingerprint density at radius 3 is 2.87 bits per heavy atom. The maximum Gasteiger partial charge on any atom is 0.163 e. The lowest BCUT2D eigenvalue weighted by molar-refractivity contribution is 0.478. The van der Waals surface area contributed by atoms with Gasteiger partial charge in [0.15, 0.2) is 5.65 Å². The third-order valence-electron chi connectivity index (χ3n) is 3.09. The fourth-order valence-corrected chi connectivity index (χ4v) is 2.30. The lowest BCUT2D eigenvalue weighted by atomic mass is 10.2. The smallest absolute Gasteiger partial charge is 0.163 e. The molecule has 2 aromatic heterocycles. The molecule has 3 rings (SSSR count). The molecular formula is C10H13N5. The first-order valence-electron chi connectivity index (χ1n) is 5.30. The molecule has 0 radical (unpaired) electrons. The first-order valence-corrected chi connectivity index (χ1v) is 5.30. The Morgan fingerprint density at radius 2 is 2.07 bits per heavy atom. The fourth-order valence-electron chi connectivity index (χ4n) is 2.30. The summed E-state index contributed by atoms with van der Waals surface area (Å²) in [5, 5.41) is 5.24. The van der Waals surface area contributed by atoms with Crippen molar-refractivity contribution < 1.29 is 0 Å². The quantitative estimate of drug-likeness (QED) is 0.763.